The van der Waals surface area contributed by atoms with Crippen LogP contribution in [0.5, 0.6) is 0 Å². The van der Waals surface area contributed by atoms with Crippen LogP contribution in [0.3, 0.4) is 0 Å². The van der Waals surface area contributed by atoms with Crippen LogP contribution in [0.25, 0.3) is 0 Å². The lowest BCUT2D eigenvalue weighted by atomic mass is 9.92. The standard InChI is InChI=1S/C12H14BF2NO2/c1-6-5-7(13)9(15)10(8(6)14)16-11(17)18-12(2,3)4/h5H,1-4H3,(H,16,17). The quantitative estimate of drug-likeness (QED) is 0.780. The van der Waals surface area contributed by atoms with Gasteiger partial charge in [0.15, 0.2) is 5.82 Å². The first-order valence-electron chi connectivity index (χ1n) is 5.36. The number of halogens is 2. The summed E-state index contributed by atoms with van der Waals surface area (Å²) < 4.78 is 32.2. The van der Waals surface area contributed by atoms with Crippen molar-refractivity contribution in [1.82, 2.24) is 0 Å². The second-order valence-corrected chi connectivity index (χ2v) is 4.91. The van der Waals surface area contributed by atoms with Gasteiger partial charge in [-0.2, -0.15) is 0 Å². The second kappa shape index (κ2) is 4.96. The molecule has 1 aromatic carbocycles. The Morgan fingerprint density at radius 3 is 2.39 bits per heavy atom. The van der Waals surface area contributed by atoms with Crippen molar-refractivity contribution in [3.63, 3.8) is 0 Å². The number of anilines is 1. The SMILES string of the molecule is [B]c1cc(C)c(F)c(NC(=O)OC(C)(C)C)c1F. The van der Waals surface area contributed by atoms with Crippen LogP contribution in [0.4, 0.5) is 19.3 Å². The molecule has 2 radical (unpaired) electrons. The highest BCUT2D eigenvalue weighted by atomic mass is 19.1. The van der Waals surface area contributed by atoms with Gasteiger partial charge in [0.25, 0.3) is 0 Å². The van der Waals surface area contributed by atoms with Gasteiger partial charge in [-0.3, -0.25) is 5.32 Å². The summed E-state index contributed by atoms with van der Waals surface area (Å²) in [6.45, 7) is 6.35. The van der Waals surface area contributed by atoms with Gasteiger partial charge in [0.05, 0.1) is 0 Å². The smallest absolute Gasteiger partial charge is 0.412 e. The van der Waals surface area contributed by atoms with E-state index in [1.807, 2.05) is 5.32 Å². The number of benzene rings is 1. The van der Waals surface area contributed by atoms with Crippen molar-refractivity contribution in [2.45, 2.75) is 33.3 Å². The van der Waals surface area contributed by atoms with E-state index in [9.17, 15) is 13.6 Å². The van der Waals surface area contributed by atoms with Gasteiger partial charge in [0, 0.05) is 0 Å². The van der Waals surface area contributed by atoms with E-state index in [1.165, 1.54) is 6.92 Å². The van der Waals surface area contributed by atoms with Gasteiger partial charge >= 0.3 is 6.09 Å². The van der Waals surface area contributed by atoms with E-state index in [2.05, 4.69) is 0 Å². The molecule has 3 nitrogen and oxygen atoms in total. The third-order valence-corrected chi connectivity index (χ3v) is 2.04. The van der Waals surface area contributed by atoms with E-state index < -0.39 is 29.0 Å². The lowest BCUT2D eigenvalue weighted by Gasteiger charge is -2.20. The maximum absolute atomic E-state index is 13.7. The van der Waals surface area contributed by atoms with E-state index in [4.69, 9.17) is 12.6 Å². The monoisotopic (exact) mass is 253 g/mol. The molecule has 0 aliphatic heterocycles. The summed E-state index contributed by atoms with van der Waals surface area (Å²) in [5, 5.41) is 2.03. The minimum Gasteiger partial charge on any atom is -0.444 e. The van der Waals surface area contributed by atoms with Gasteiger partial charge in [0.1, 0.15) is 25.0 Å². The molecule has 0 unspecified atom stereocenters. The number of rotatable bonds is 1. The van der Waals surface area contributed by atoms with Crippen LogP contribution in [-0.2, 0) is 4.74 Å². The number of aryl methyl sites for hydroxylation is 1. The molecule has 0 bridgehead atoms. The summed E-state index contributed by atoms with van der Waals surface area (Å²) >= 11 is 0. The van der Waals surface area contributed by atoms with Crippen molar-refractivity contribution < 1.29 is 18.3 Å². The lowest BCUT2D eigenvalue weighted by Crippen LogP contribution is -2.28. The Bertz CT molecular complexity index is 458. The number of hydrogen-bond acceptors (Lipinski definition) is 2. The van der Waals surface area contributed by atoms with Gasteiger partial charge in [-0.15, -0.1) is 0 Å². The van der Waals surface area contributed by atoms with Crippen LogP contribution in [0.15, 0.2) is 6.07 Å². The molecule has 18 heavy (non-hydrogen) atoms. The molecule has 0 saturated carbocycles. The van der Waals surface area contributed by atoms with E-state index in [0.29, 0.717) is 0 Å². The third kappa shape index (κ3) is 3.45. The fourth-order valence-corrected chi connectivity index (χ4v) is 1.31. The number of amides is 1. The van der Waals surface area contributed by atoms with Crippen molar-refractivity contribution in [3.05, 3.63) is 23.3 Å². The first kappa shape index (κ1) is 14.5. The molecular formula is C12H14BF2NO2. The van der Waals surface area contributed by atoms with Gasteiger partial charge in [-0.1, -0.05) is 11.5 Å². The molecule has 0 aromatic heterocycles. The minimum atomic E-state index is -1.01. The highest BCUT2D eigenvalue weighted by Gasteiger charge is 2.21. The Hall–Kier alpha value is -1.59. The largest absolute Gasteiger partial charge is 0.444 e. The maximum atomic E-state index is 13.7. The van der Waals surface area contributed by atoms with Gasteiger partial charge in [-0.05, 0) is 33.3 Å². The normalized spacial score (nSPS) is 11.2. The molecule has 96 valence electrons. The van der Waals surface area contributed by atoms with Crippen LogP contribution < -0.4 is 10.8 Å². The van der Waals surface area contributed by atoms with E-state index in [1.54, 1.807) is 20.8 Å². The Balaban J connectivity index is 3.01. The highest BCUT2D eigenvalue weighted by Crippen LogP contribution is 2.21. The number of nitrogens with one attached hydrogen (secondary N) is 1. The van der Waals surface area contributed by atoms with E-state index in [0.717, 1.165) is 6.07 Å². The van der Waals surface area contributed by atoms with E-state index >= 15 is 0 Å². The molecule has 1 amide bonds. The zero-order valence-electron chi connectivity index (χ0n) is 10.7. The van der Waals surface area contributed by atoms with Gasteiger partial charge in [0.2, 0.25) is 0 Å². The zero-order chi connectivity index (χ0) is 14.1. The summed E-state index contributed by atoms with van der Waals surface area (Å²) in [6, 6.07) is 1.16. The van der Waals surface area contributed by atoms with Crippen molar-refractivity contribution in [2.75, 3.05) is 5.32 Å². The summed E-state index contributed by atoms with van der Waals surface area (Å²) in [6.07, 6.45) is -0.940. The number of carbonyl (C=O) groups is 1. The Morgan fingerprint density at radius 2 is 1.89 bits per heavy atom. The summed E-state index contributed by atoms with van der Waals surface area (Å²) in [7, 11) is 5.36. The average Bonchev–Trinajstić information content (AvgIpc) is 2.19. The number of hydrogen-bond donors (Lipinski definition) is 1. The molecule has 1 aromatic rings. The van der Waals surface area contributed by atoms with Crippen LogP contribution >= 0.6 is 0 Å². The molecule has 0 fully saturated rings. The molecule has 0 heterocycles. The first-order valence-corrected chi connectivity index (χ1v) is 5.36. The Kier molecular flexibility index (Phi) is 3.99. The summed E-state index contributed by atoms with van der Waals surface area (Å²) in [5.74, 6) is -1.88. The molecule has 0 aliphatic carbocycles. The van der Waals surface area contributed by atoms with Gasteiger partial charge < -0.3 is 4.74 Å². The highest BCUT2D eigenvalue weighted by molar-refractivity contribution is 6.33. The predicted octanol–water partition coefficient (Wildman–Crippen LogP) is 2.41. The summed E-state index contributed by atoms with van der Waals surface area (Å²) in [5.41, 5.74) is -1.45. The fraction of sp³-hybridized carbons (Fsp3) is 0.417. The number of ether oxygens (including phenoxy) is 1. The van der Waals surface area contributed by atoms with Crippen LogP contribution in [-0.4, -0.2) is 19.5 Å². The van der Waals surface area contributed by atoms with Crippen LogP contribution in [0, 0.1) is 18.6 Å². The summed E-state index contributed by atoms with van der Waals surface area (Å²) in [4.78, 5) is 11.4. The van der Waals surface area contributed by atoms with Crippen molar-refractivity contribution in [2.24, 2.45) is 0 Å². The van der Waals surface area contributed by atoms with Crippen molar-refractivity contribution in [3.8, 4) is 0 Å². The number of carbonyl (C=O) groups excluding carboxylic acids is 1. The third-order valence-electron chi connectivity index (χ3n) is 2.04. The Labute approximate surface area is 106 Å². The molecule has 1 N–H and O–H groups in total. The first-order chi connectivity index (χ1) is 8.11. The fourth-order valence-electron chi connectivity index (χ4n) is 1.31. The molecular weight excluding hydrogens is 239 g/mol. The van der Waals surface area contributed by atoms with Crippen LogP contribution in [0.1, 0.15) is 26.3 Å². The topological polar surface area (TPSA) is 38.3 Å². The molecule has 1 rings (SSSR count). The van der Waals surface area contributed by atoms with Crippen molar-refractivity contribution >= 4 is 25.1 Å². The minimum absolute atomic E-state index is 0.139. The predicted molar refractivity (Wildman–Crippen MR) is 66.3 cm³/mol. The Morgan fingerprint density at radius 1 is 1.33 bits per heavy atom. The molecule has 0 aliphatic rings. The lowest BCUT2D eigenvalue weighted by molar-refractivity contribution is 0.0634. The molecule has 0 saturated heterocycles. The molecule has 0 atom stereocenters. The molecule has 6 heteroatoms. The average molecular weight is 253 g/mol. The zero-order valence-corrected chi connectivity index (χ0v) is 10.7. The van der Waals surface area contributed by atoms with Gasteiger partial charge in [-0.25, -0.2) is 13.6 Å². The van der Waals surface area contributed by atoms with Crippen LogP contribution in [0.2, 0.25) is 0 Å². The van der Waals surface area contributed by atoms with E-state index in [-0.39, 0.29) is 11.0 Å². The molecule has 0 spiro atoms. The van der Waals surface area contributed by atoms with Crippen molar-refractivity contribution in [1.29, 1.82) is 0 Å². The maximum Gasteiger partial charge on any atom is 0.412 e. The second-order valence-electron chi connectivity index (χ2n) is 4.91.